The Morgan fingerprint density at radius 3 is 2.80 bits per heavy atom. The molecule has 3 heterocycles. The van der Waals surface area contributed by atoms with E-state index in [4.69, 9.17) is 4.98 Å². The molecule has 0 radical (unpaired) electrons. The van der Waals surface area contributed by atoms with Gasteiger partial charge in [-0.3, -0.25) is 4.40 Å². The molecule has 0 bridgehead atoms. The first-order valence-electron chi connectivity index (χ1n) is 8.90. The molecule has 1 fully saturated rings. The highest BCUT2D eigenvalue weighted by molar-refractivity contribution is 5.75. The first-order chi connectivity index (χ1) is 12.3. The lowest BCUT2D eigenvalue weighted by molar-refractivity contribution is 0.509. The number of H-pyrrole nitrogens is 1. The van der Waals surface area contributed by atoms with E-state index >= 15 is 0 Å². The molecule has 3 aromatic heterocycles. The quantitative estimate of drug-likeness (QED) is 0.591. The van der Waals surface area contributed by atoms with Gasteiger partial charge in [0.15, 0.2) is 5.65 Å². The van der Waals surface area contributed by atoms with Gasteiger partial charge in [0.1, 0.15) is 5.82 Å². The number of benzene rings is 1. The number of para-hydroxylation sites is 1. The highest BCUT2D eigenvalue weighted by atomic mass is 15.1. The molecule has 0 unspecified atom stereocenters. The van der Waals surface area contributed by atoms with Crippen molar-refractivity contribution in [2.75, 3.05) is 5.32 Å². The number of nitrogens with zero attached hydrogens (tertiary/aromatic N) is 3. The second-order valence-corrected chi connectivity index (χ2v) is 7.11. The Balaban J connectivity index is 1.49. The molecule has 5 rings (SSSR count). The van der Waals surface area contributed by atoms with Crippen molar-refractivity contribution in [1.29, 1.82) is 0 Å². The van der Waals surface area contributed by atoms with Crippen LogP contribution in [0.25, 0.3) is 16.7 Å². The predicted octanol–water partition coefficient (Wildman–Crippen LogP) is 4.20. The molecule has 1 aromatic carbocycles. The van der Waals surface area contributed by atoms with E-state index < -0.39 is 0 Å². The van der Waals surface area contributed by atoms with E-state index in [0.29, 0.717) is 17.9 Å². The van der Waals surface area contributed by atoms with Crippen LogP contribution in [-0.2, 0) is 0 Å². The average molecular weight is 331 g/mol. The summed E-state index contributed by atoms with van der Waals surface area (Å²) >= 11 is 0. The fraction of sp³-hybridized carbons (Fsp3) is 0.300. The zero-order chi connectivity index (χ0) is 16.8. The van der Waals surface area contributed by atoms with Gasteiger partial charge in [-0.15, -0.1) is 0 Å². The fourth-order valence-corrected chi connectivity index (χ4v) is 4.26. The third kappa shape index (κ3) is 2.38. The summed E-state index contributed by atoms with van der Waals surface area (Å²) in [5.74, 6) is 2.20. The highest BCUT2D eigenvalue weighted by Gasteiger charge is 2.35. The van der Waals surface area contributed by atoms with Crippen LogP contribution in [0.5, 0.6) is 0 Å². The van der Waals surface area contributed by atoms with Crippen LogP contribution in [0.15, 0.2) is 55.0 Å². The molecule has 0 spiro atoms. The SMILES string of the molecule is C[C@@H]1C[C@@H](Nc2ccccc2)C[C@@H]1c1ncc2cnc3[nH]ccc3n12. The van der Waals surface area contributed by atoms with Crippen LogP contribution in [0.1, 0.15) is 31.5 Å². The van der Waals surface area contributed by atoms with Crippen LogP contribution in [0, 0.1) is 5.92 Å². The summed E-state index contributed by atoms with van der Waals surface area (Å²) in [6.45, 7) is 2.34. The number of imidazole rings is 1. The van der Waals surface area contributed by atoms with Crippen molar-refractivity contribution in [2.45, 2.75) is 31.7 Å². The lowest BCUT2D eigenvalue weighted by Gasteiger charge is -2.15. The van der Waals surface area contributed by atoms with Gasteiger partial charge in [-0.05, 0) is 37.0 Å². The minimum Gasteiger partial charge on any atom is -0.382 e. The summed E-state index contributed by atoms with van der Waals surface area (Å²) in [5, 5.41) is 3.69. The van der Waals surface area contributed by atoms with E-state index in [2.05, 4.69) is 63.0 Å². The zero-order valence-electron chi connectivity index (χ0n) is 14.2. The Hall–Kier alpha value is -2.82. The highest BCUT2D eigenvalue weighted by Crippen LogP contribution is 2.40. The molecule has 1 aliphatic carbocycles. The Kier molecular flexibility index (Phi) is 3.26. The van der Waals surface area contributed by atoms with Crippen LogP contribution >= 0.6 is 0 Å². The zero-order valence-corrected chi connectivity index (χ0v) is 14.2. The maximum atomic E-state index is 4.78. The van der Waals surface area contributed by atoms with Crippen molar-refractivity contribution >= 4 is 22.4 Å². The Bertz CT molecular complexity index is 1020. The van der Waals surface area contributed by atoms with Crippen LogP contribution < -0.4 is 5.32 Å². The van der Waals surface area contributed by atoms with Gasteiger partial charge in [0, 0.05) is 23.8 Å². The van der Waals surface area contributed by atoms with E-state index in [1.807, 2.05) is 18.6 Å². The Morgan fingerprint density at radius 1 is 1.08 bits per heavy atom. The number of aromatic nitrogens is 4. The largest absolute Gasteiger partial charge is 0.382 e. The molecule has 5 nitrogen and oxygen atoms in total. The number of fused-ring (bicyclic) bond motifs is 3. The number of anilines is 1. The molecule has 0 saturated heterocycles. The van der Waals surface area contributed by atoms with Gasteiger partial charge >= 0.3 is 0 Å². The second-order valence-electron chi connectivity index (χ2n) is 7.11. The molecular weight excluding hydrogens is 310 g/mol. The topological polar surface area (TPSA) is 58.0 Å². The summed E-state index contributed by atoms with van der Waals surface area (Å²) in [4.78, 5) is 12.5. The van der Waals surface area contributed by atoms with Gasteiger partial charge in [0.05, 0.1) is 23.4 Å². The third-order valence-electron chi connectivity index (χ3n) is 5.44. The van der Waals surface area contributed by atoms with Crippen molar-refractivity contribution in [3.8, 4) is 0 Å². The summed E-state index contributed by atoms with van der Waals surface area (Å²) < 4.78 is 2.27. The molecule has 5 heteroatoms. The standard InChI is InChI=1S/C20H21N5/c1-13-9-15(24-14-5-3-2-4-6-14)10-17(13)20-23-12-16-11-22-19-18(25(16)20)7-8-21-19/h2-8,11-13,15,17,21,24H,9-10H2,1H3/t13-,15-,17+/m1/s1. The van der Waals surface area contributed by atoms with Crippen molar-refractivity contribution in [3.63, 3.8) is 0 Å². The molecular formula is C20H21N5. The number of rotatable bonds is 3. The summed E-state index contributed by atoms with van der Waals surface area (Å²) in [6.07, 6.45) is 8.05. The maximum absolute atomic E-state index is 4.78. The monoisotopic (exact) mass is 331 g/mol. The Labute approximate surface area is 146 Å². The van der Waals surface area contributed by atoms with Gasteiger partial charge in [-0.1, -0.05) is 25.1 Å². The van der Waals surface area contributed by atoms with Gasteiger partial charge in [0.2, 0.25) is 0 Å². The summed E-state index contributed by atoms with van der Waals surface area (Å²) in [6, 6.07) is 13.1. The number of nitrogens with one attached hydrogen (secondary N) is 2. The molecule has 0 aliphatic heterocycles. The van der Waals surface area contributed by atoms with Gasteiger partial charge in [0.25, 0.3) is 0 Å². The average Bonchev–Trinajstić information content (AvgIpc) is 3.32. The fourth-order valence-electron chi connectivity index (χ4n) is 4.26. The normalized spacial score (nSPS) is 23.5. The second kappa shape index (κ2) is 5.62. The van der Waals surface area contributed by atoms with Crippen molar-refractivity contribution in [2.24, 2.45) is 5.92 Å². The van der Waals surface area contributed by atoms with Crippen LogP contribution in [0.3, 0.4) is 0 Å². The predicted molar refractivity (Wildman–Crippen MR) is 99.8 cm³/mol. The molecule has 1 aliphatic rings. The lowest BCUT2D eigenvalue weighted by atomic mass is 9.97. The van der Waals surface area contributed by atoms with Crippen LogP contribution in [0.2, 0.25) is 0 Å². The van der Waals surface area contributed by atoms with Gasteiger partial charge in [-0.2, -0.15) is 0 Å². The van der Waals surface area contributed by atoms with Gasteiger partial charge < -0.3 is 10.3 Å². The maximum Gasteiger partial charge on any atom is 0.154 e. The molecule has 126 valence electrons. The first-order valence-corrected chi connectivity index (χ1v) is 8.90. The van der Waals surface area contributed by atoms with E-state index in [-0.39, 0.29) is 0 Å². The third-order valence-corrected chi connectivity index (χ3v) is 5.44. The van der Waals surface area contributed by atoms with E-state index in [9.17, 15) is 0 Å². The lowest BCUT2D eigenvalue weighted by Crippen LogP contribution is -2.15. The van der Waals surface area contributed by atoms with E-state index in [1.165, 1.54) is 5.69 Å². The first kappa shape index (κ1) is 14.5. The van der Waals surface area contributed by atoms with Crippen LogP contribution in [-0.4, -0.2) is 25.4 Å². The molecule has 25 heavy (non-hydrogen) atoms. The van der Waals surface area contributed by atoms with Gasteiger partial charge in [-0.25, -0.2) is 9.97 Å². The minimum atomic E-state index is 0.448. The molecule has 4 aromatic rings. The van der Waals surface area contributed by atoms with Crippen molar-refractivity contribution in [3.05, 3.63) is 60.8 Å². The number of hydrogen-bond acceptors (Lipinski definition) is 3. The molecule has 2 N–H and O–H groups in total. The minimum absolute atomic E-state index is 0.448. The van der Waals surface area contributed by atoms with Crippen molar-refractivity contribution < 1.29 is 0 Å². The molecule has 1 saturated carbocycles. The smallest absolute Gasteiger partial charge is 0.154 e. The Morgan fingerprint density at radius 2 is 1.92 bits per heavy atom. The molecule has 3 atom stereocenters. The number of hydrogen-bond donors (Lipinski definition) is 2. The van der Waals surface area contributed by atoms with Crippen LogP contribution in [0.4, 0.5) is 5.69 Å². The molecule has 0 amide bonds. The van der Waals surface area contributed by atoms with E-state index in [1.54, 1.807) is 0 Å². The van der Waals surface area contributed by atoms with Crippen molar-refractivity contribution in [1.82, 2.24) is 19.4 Å². The summed E-state index contributed by atoms with van der Waals surface area (Å²) in [7, 11) is 0. The van der Waals surface area contributed by atoms with E-state index in [0.717, 1.165) is 35.3 Å². The number of aromatic amines is 1. The summed E-state index contributed by atoms with van der Waals surface area (Å²) in [5.41, 5.74) is 4.28.